The van der Waals surface area contributed by atoms with Crippen LogP contribution in [0.25, 0.3) is 0 Å². The predicted octanol–water partition coefficient (Wildman–Crippen LogP) is 4.12. The molecule has 0 amide bonds. The van der Waals surface area contributed by atoms with Crippen LogP contribution in [0, 0.1) is 5.41 Å². The Labute approximate surface area is 177 Å². The van der Waals surface area contributed by atoms with E-state index in [0.29, 0.717) is 47.6 Å². The Morgan fingerprint density at radius 3 is 2.77 bits per heavy atom. The van der Waals surface area contributed by atoms with Gasteiger partial charge in [0.05, 0.1) is 12.2 Å². The number of hydrogen-bond donors (Lipinski definition) is 2. The van der Waals surface area contributed by atoms with Crippen LogP contribution in [0.3, 0.4) is 0 Å². The predicted molar refractivity (Wildman–Crippen MR) is 114 cm³/mol. The minimum Gasteiger partial charge on any atom is -0.504 e. The monoisotopic (exact) mass is 411 g/mol. The fraction of sp³-hybridized carbons (Fsp3) is 0.417. The van der Waals surface area contributed by atoms with Crippen molar-refractivity contribution in [2.75, 3.05) is 13.2 Å². The second-order valence-corrected chi connectivity index (χ2v) is 8.48. The average molecular weight is 411 g/mol. The molecule has 1 aliphatic heterocycles. The van der Waals surface area contributed by atoms with Crippen molar-refractivity contribution in [3.63, 3.8) is 0 Å². The lowest BCUT2D eigenvalue weighted by Gasteiger charge is -2.39. The third-order valence-electron chi connectivity index (χ3n) is 5.41. The molecule has 30 heavy (non-hydrogen) atoms. The standard InChI is InChI=1S/C24H29NO5/c1-6-10-30-23(28)20-14(3)25-16-12-24(4,5)13-18(27)22(16)21(20)15-8-9-17(26)19(11-15)29-7-2/h6,8-9,11,21,25-26H,1,7,10,12-13H2,2-5H3/t21-/m0/s1. The van der Waals surface area contributed by atoms with Gasteiger partial charge in [-0.15, -0.1) is 0 Å². The van der Waals surface area contributed by atoms with Gasteiger partial charge in [-0.05, 0) is 43.4 Å². The van der Waals surface area contributed by atoms with Crippen LogP contribution in [0.5, 0.6) is 11.5 Å². The van der Waals surface area contributed by atoms with Crippen molar-refractivity contribution in [2.24, 2.45) is 5.41 Å². The van der Waals surface area contributed by atoms with E-state index in [4.69, 9.17) is 9.47 Å². The highest BCUT2D eigenvalue weighted by Gasteiger charge is 2.43. The maximum Gasteiger partial charge on any atom is 0.337 e. The van der Waals surface area contributed by atoms with Crippen LogP contribution in [0.2, 0.25) is 0 Å². The first-order valence-corrected chi connectivity index (χ1v) is 10.2. The lowest BCUT2D eigenvalue weighted by molar-refractivity contribution is -0.138. The van der Waals surface area contributed by atoms with Crippen molar-refractivity contribution in [1.29, 1.82) is 0 Å². The van der Waals surface area contributed by atoms with Gasteiger partial charge in [-0.25, -0.2) is 4.79 Å². The average Bonchev–Trinajstić information content (AvgIpc) is 2.66. The molecule has 0 saturated carbocycles. The number of phenols is 1. The molecule has 0 fully saturated rings. The summed E-state index contributed by atoms with van der Waals surface area (Å²) < 4.78 is 10.9. The lowest BCUT2D eigenvalue weighted by Crippen LogP contribution is -2.38. The Morgan fingerprint density at radius 1 is 1.37 bits per heavy atom. The van der Waals surface area contributed by atoms with Crippen LogP contribution in [0.15, 0.2) is 53.4 Å². The number of rotatable bonds is 6. The normalized spacial score (nSPS) is 20.4. The minimum absolute atomic E-state index is 0.00584. The molecule has 6 nitrogen and oxygen atoms in total. The van der Waals surface area contributed by atoms with E-state index in [1.165, 1.54) is 12.1 Å². The molecule has 0 bridgehead atoms. The molecule has 2 aliphatic rings. The number of Topliss-reactive ketones (excluding diaryl/α,β-unsaturated/α-hetero) is 1. The molecule has 6 heteroatoms. The highest BCUT2D eigenvalue weighted by atomic mass is 16.5. The summed E-state index contributed by atoms with van der Waals surface area (Å²) >= 11 is 0. The number of dihydropyridines is 1. The molecule has 2 N–H and O–H groups in total. The van der Waals surface area contributed by atoms with E-state index in [9.17, 15) is 14.7 Å². The molecule has 0 saturated heterocycles. The van der Waals surface area contributed by atoms with Crippen molar-refractivity contribution in [3.05, 3.63) is 59.0 Å². The van der Waals surface area contributed by atoms with Crippen molar-refractivity contribution in [3.8, 4) is 11.5 Å². The van der Waals surface area contributed by atoms with Gasteiger partial charge in [0, 0.05) is 29.3 Å². The van der Waals surface area contributed by atoms with Gasteiger partial charge in [-0.3, -0.25) is 4.79 Å². The van der Waals surface area contributed by atoms with Crippen LogP contribution in [-0.4, -0.2) is 30.1 Å². The minimum atomic E-state index is -0.595. The van der Waals surface area contributed by atoms with Crippen LogP contribution in [0.4, 0.5) is 0 Å². The number of esters is 1. The number of hydrogen-bond acceptors (Lipinski definition) is 6. The summed E-state index contributed by atoms with van der Waals surface area (Å²) in [7, 11) is 0. The first kappa shape index (κ1) is 21.7. The molecule has 1 atom stereocenters. The number of ether oxygens (including phenoxy) is 2. The molecule has 0 spiro atoms. The van der Waals surface area contributed by atoms with Crippen molar-refractivity contribution >= 4 is 11.8 Å². The Hall–Kier alpha value is -3.02. The number of ketones is 1. The second-order valence-electron chi connectivity index (χ2n) is 8.48. The lowest BCUT2D eigenvalue weighted by atomic mass is 9.68. The fourth-order valence-electron chi connectivity index (χ4n) is 4.23. The molecular weight excluding hydrogens is 382 g/mol. The summed E-state index contributed by atoms with van der Waals surface area (Å²) in [6, 6.07) is 4.95. The summed E-state index contributed by atoms with van der Waals surface area (Å²) in [4.78, 5) is 26.2. The van der Waals surface area contributed by atoms with Crippen LogP contribution >= 0.6 is 0 Å². The van der Waals surface area contributed by atoms with Crippen molar-refractivity contribution < 1.29 is 24.2 Å². The topological polar surface area (TPSA) is 84.9 Å². The molecule has 0 aromatic heterocycles. The molecule has 1 heterocycles. The summed E-state index contributed by atoms with van der Waals surface area (Å²) in [5, 5.41) is 13.4. The largest absolute Gasteiger partial charge is 0.504 e. The molecule has 160 valence electrons. The van der Waals surface area contributed by atoms with Gasteiger partial charge in [0.25, 0.3) is 0 Å². The number of benzene rings is 1. The second kappa shape index (κ2) is 8.38. The van der Waals surface area contributed by atoms with E-state index in [2.05, 4.69) is 25.7 Å². The van der Waals surface area contributed by atoms with E-state index in [-0.39, 0.29) is 23.6 Å². The van der Waals surface area contributed by atoms with Crippen LogP contribution in [0.1, 0.15) is 52.0 Å². The third-order valence-corrected chi connectivity index (χ3v) is 5.41. The molecule has 1 aliphatic carbocycles. The molecule has 1 aromatic carbocycles. The number of phenolic OH excluding ortho intramolecular Hbond substituents is 1. The quantitative estimate of drug-likeness (QED) is 0.541. The van der Waals surface area contributed by atoms with E-state index < -0.39 is 11.9 Å². The van der Waals surface area contributed by atoms with E-state index in [0.717, 1.165) is 5.70 Å². The number of nitrogens with one attached hydrogen (secondary N) is 1. The smallest absolute Gasteiger partial charge is 0.337 e. The van der Waals surface area contributed by atoms with Crippen molar-refractivity contribution in [2.45, 2.75) is 46.5 Å². The van der Waals surface area contributed by atoms with Gasteiger partial charge in [0.2, 0.25) is 0 Å². The number of carbonyl (C=O) groups excluding carboxylic acids is 2. The van der Waals surface area contributed by atoms with Gasteiger partial charge in [0.1, 0.15) is 6.61 Å². The van der Waals surface area contributed by atoms with Gasteiger partial charge >= 0.3 is 5.97 Å². The summed E-state index contributed by atoms with van der Waals surface area (Å²) in [5.74, 6) is -0.763. The maximum atomic E-state index is 13.2. The van der Waals surface area contributed by atoms with E-state index >= 15 is 0 Å². The molecule has 1 aromatic rings. The first-order valence-electron chi connectivity index (χ1n) is 10.2. The zero-order valence-corrected chi connectivity index (χ0v) is 18.0. The summed E-state index contributed by atoms with van der Waals surface area (Å²) in [6.45, 7) is 11.8. The van der Waals surface area contributed by atoms with Gasteiger partial charge in [0.15, 0.2) is 17.3 Å². The first-order chi connectivity index (χ1) is 14.2. The number of aromatic hydroxyl groups is 1. The Kier molecular flexibility index (Phi) is 6.06. The van der Waals surface area contributed by atoms with Gasteiger partial charge in [-0.2, -0.15) is 0 Å². The van der Waals surface area contributed by atoms with Gasteiger partial charge in [-0.1, -0.05) is 32.6 Å². The molecular formula is C24H29NO5. The molecule has 0 unspecified atom stereocenters. The Morgan fingerprint density at radius 2 is 2.10 bits per heavy atom. The number of carbonyl (C=O) groups is 2. The summed E-state index contributed by atoms with van der Waals surface area (Å²) in [5.41, 5.74) is 2.99. The van der Waals surface area contributed by atoms with Crippen LogP contribution < -0.4 is 10.1 Å². The zero-order chi connectivity index (χ0) is 22.1. The molecule has 3 rings (SSSR count). The van der Waals surface area contributed by atoms with Crippen molar-refractivity contribution in [1.82, 2.24) is 5.32 Å². The molecule has 0 radical (unpaired) electrons. The SMILES string of the molecule is C=CCOC(=O)C1=C(C)NC2=C(C(=O)CC(C)(C)C2)[C@H]1c1ccc(O)c(OCC)c1. The summed E-state index contributed by atoms with van der Waals surface area (Å²) in [6.07, 6.45) is 2.60. The van der Waals surface area contributed by atoms with Crippen LogP contribution in [-0.2, 0) is 14.3 Å². The Balaban J connectivity index is 2.17. The van der Waals surface area contributed by atoms with Gasteiger partial charge < -0.3 is 19.9 Å². The van der Waals surface area contributed by atoms with E-state index in [1.54, 1.807) is 12.1 Å². The highest BCUT2D eigenvalue weighted by Crippen LogP contribution is 2.47. The Bertz CT molecular complexity index is 954. The third kappa shape index (κ3) is 4.13. The highest BCUT2D eigenvalue weighted by molar-refractivity contribution is 6.04. The maximum absolute atomic E-state index is 13.2. The van der Waals surface area contributed by atoms with E-state index in [1.807, 2.05) is 13.8 Å². The zero-order valence-electron chi connectivity index (χ0n) is 18.0. The fourth-order valence-corrected chi connectivity index (χ4v) is 4.23. The number of allylic oxidation sites excluding steroid dienone is 3.